The quantitative estimate of drug-likeness (QED) is 0.753. The molecular formula is C16H18Cl2F3N3OS. The lowest BCUT2D eigenvalue weighted by Gasteiger charge is -2.10. The van der Waals surface area contributed by atoms with Crippen LogP contribution in [-0.4, -0.2) is 23.5 Å². The van der Waals surface area contributed by atoms with Crippen molar-refractivity contribution in [3.8, 4) is 10.6 Å². The summed E-state index contributed by atoms with van der Waals surface area (Å²) in [6.45, 7) is 0.375. The lowest BCUT2D eigenvalue weighted by molar-refractivity contribution is -0.137. The summed E-state index contributed by atoms with van der Waals surface area (Å²) in [5.41, 5.74) is 5.71. The first-order valence-electron chi connectivity index (χ1n) is 7.51. The topological polar surface area (TPSA) is 68.0 Å². The Labute approximate surface area is 165 Å². The van der Waals surface area contributed by atoms with Gasteiger partial charge in [0.05, 0.1) is 5.56 Å². The van der Waals surface area contributed by atoms with Gasteiger partial charge in [-0.3, -0.25) is 4.79 Å². The molecule has 1 aromatic heterocycles. The van der Waals surface area contributed by atoms with Gasteiger partial charge in [-0.15, -0.1) is 36.2 Å². The zero-order valence-electron chi connectivity index (χ0n) is 13.5. The van der Waals surface area contributed by atoms with Gasteiger partial charge in [0.2, 0.25) is 0 Å². The van der Waals surface area contributed by atoms with Crippen molar-refractivity contribution in [1.29, 1.82) is 0 Å². The molecule has 144 valence electrons. The number of carbonyl (C=O) groups is 1. The van der Waals surface area contributed by atoms with E-state index in [4.69, 9.17) is 5.73 Å². The molecule has 3 rings (SSSR count). The summed E-state index contributed by atoms with van der Waals surface area (Å²) < 4.78 is 38.3. The summed E-state index contributed by atoms with van der Waals surface area (Å²) in [4.78, 5) is 16.2. The lowest BCUT2D eigenvalue weighted by atomic mass is 10.1. The van der Waals surface area contributed by atoms with Crippen LogP contribution in [0.5, 0.6) is 0 Å². The van der Waals surface area contributed by atoms with Crippen LogP contribution in [0.25, 0.3) is 10.6 Å². The predicted octanol–water partition coefficient (Wildman–Crippen LogP) is 4.14. The van der Waals surface area contributed by atoms with Crippen molar-refractivity contribution >= 4 is 42.1 Å². The van der Waals surface area contributed by atoms with E-state index in [1.165, 1.54) is 11.4 Å². The van der Waals surface area contributed by atoms with Crippen LogP contribution in [0, 0.1) is 5.92 Å². The molecule has 1 atom stereocenters. The Bertz CT molecular complexity index is 750. The summed E-state index contributed by atoms with van der Waals surface area (Å²) in [7, 11) is 0. The molecule has 4 nitrogen and oxygen atoms in total. The second-order valence-electron chi connectivity index (χ2n) is 5.83. The van der Waals surface area contributed by atoms with Crippen molar-refractivity contribution in [3.63, 3.8) is 0 Å². The van der Waals surface area contributed by atoms with Crippen LogP contribution in [-0.2, 0) is 6.18 Å². The molecule has 1 saturated carbocycles. The van der Waals surface area contributed by atoms with E-state index in [0.29, 0.717) is 23.0 Å². The van der Waals surface area contributed by atoms with E-state index in [1.54, 1.807) is 6.07 Å². The standard InChI is InChI=1S/C16H16F3N3OS.2ClH/c17-16(18,19)11-3-1-2-10(6-11)15-22-13(8-24-15)14(23)21-7-12(20)9-4-5-9;;/h1-3,6,8-9,12H,4-5,7,20H2,(H,21,23);2*1H. The van der Waals surface area contributed by atoms with Gasteiger partial charge < -0.3 is 11.1 Å². The van der Waals surface area contributed by atoms with E-state index >= 15 is 0 Å². The number of carbonyl (C=O) groups excluding carboxylic acids is 1. The van der Waals surface area contributed by atoms with Gasteiger partial charge in [-0.25, -0.2) is 4.98 Å². The number of halogens is 5. The Morgan fingerprint density at radius 1 is 1.35 bits per heavy atom. The number of thiazole rings is 1. The second-order valence-corrected chi connectivity index (χ2v) is 6.69. The molecule has 26 heavy (non-hydrogen) atoms. The largest absolute Gasteiger partial charge is 0.416 e. The average molecular weight is 428 g/mol. The summed E-state index contributed by atoms with van der Waals surface area (Å²) in [5, 5.41) is 4.63. The Morgan fingerprint density at radius 2 is 2.04 bits per heavy atom. The third-order valence-electron chi connectivity index (χ3n) is 3.90. The van der Waals surface area contributed by atoms with Crippen molar-refractivity contribution in [2.24, 2.45) is 11.7 Å². The van der Waals surface area contributed by atoms with Gasteiger partial charge in [0.1, 0.15) is 10.7 Å². The van der Waals surface area contributed by atoms with E-state index < -0.39 is 11.7 Å². The molecule has 1 amide bonds. The van der Waals surface area contributed by atoms with Crippen LogP contribution >= 0.6 is 36.2 Å². The van der Waals surface area contributed by atoms with Gasteiger partial charge in [0, 0.05) is 23.5 Å². The highest BCUT2D eigenvalue weighted by Crippen LogP contribution is 2.33. The zero-order valence-corrected chi connectivity index (χ0v) is 15.9. The minimum Gasteiger partial charge on any atom is -0.349 e. The number of hydrogen-bond acceptors (Lipinski definition) is 4. The number of nitrogens with two attached hydrogens (primary N) is 1. The van der Waals surface area contributed by atoms with Crippen LogP contribution in [0.4, 0.5) is 13.2 Å². The van der Waals surface area contributed by atoms with Gasteiger partial charge in [-0.05, 0) is 30.9 Å². The molecule has 1 aromatic carbocycles. The molecule has 0 aliphatic heterocycles. The zero-order chi connectivity index (χ0) is 17.3. The highest BCUT2D eigenvalue weighted by Gasteiger charge is 2.31. The number of benzene rings is 1. The highest BCUT2D eigenvalue weighted by atomic mass is 35.5. The van der Waals surface area contributed by atoms with Crippen molar-refractivity contribution < 1.29 is 18.0 Å². The van der Waals surface area contributed by atoms with Gasteiger partial charge in [0.15, 0.2) is 0 Å². The van der Waals surface area contributed by atoms with Gasteiger partial charge in [-0.2, -0.15) is 13.2 Å². The van der Waals surface area contributed by atoms with Crippen LogP contribution in [0.2, 0.25) is 0 Å². The first kappa shape index (κ1) is 22.7. The molecule has 1 aliphatic rings. The Morgan fingerprint density at radius 3 is 2.65 bits per heavy atom. The van der Waals surface area contributed by atoms with Gasteiger partial charge >= 0.3 is 6.18 Å². The predicted molar refractivity (Wildman–Crippen MR) is 100 cm³/mol. The normalized spacial score (nSPS) is 14.8. The summed E-state index contributed by atoms with van der Waals surface area (Å²) >= 11 is 1.13. The molecule has 0 saturated heterocycles. The van der Waals surface area contributed by atoms with Crippen molar-refractivity contribution in [1.82, 2.24) is 10.3 Å². The summed E-state index contributed by atoms with van der Waals surface area (Å²) in [6, 6.07) is 4.84. The van der Waals surface area contributed by atoms with Crippen LogP contribution in [0.15, 0.2) is 29.6 Å². The van der Waals surface area contributed by atoms with Crippen LogP contribution < -0.4 is 11.1 Å². The fourth-order valence-corrected chi connectivity index (χ4v) is 3.13. The minimum atomic E-state index is -4.41. The van der Waals surface area contributed by atoms with Crippen molar-refractivity contribution in [2.75, 3.05) is 6.54 Å². The maximum Gasteiger partial charge on any atom is 0.416 e. The van der Waals surface area contributed by atoms with Crippen LogP contribution in [0.3, 0.4) is 0 Å². The average Bonchev–Trinajstić information content (AvgIpc) is 3.28. The molecule has 2 aromatic rings. The number of aromatic nitrogens is 1. The Hall–Kier alpha value is -1.35. The molecule has 10 heteroatoms. The molecule has 0 radical (unpaired) electrons. The summed E-state index contributed by atoms with van der Waals surface area (Å²) in [5.74, 6) is 0.113. The molecule has 0 bridgehead atoms. The number of rotatable bonds is 5. The van der Waals surface area contributed by atoms with E-state index in [1.807, 2.05) is 0 Å². The number of nitrogens with zero attached hydrogens (tertiary/aromatic N) is 1. The molecule has 3 N–H and O–H groups in total. The lowest BCUT2D eigenvalue weighted by Crippen LogP contribution is -2.38. The van der Waals surface area contributed by atoms with Gasteiger partial charge in [0.25, 0.3) is 5.91 Å². The molecule has 1 heterocycles. The molecule has 1 unspecified atom stereocenters. The molecular weight excluding hydrogens is 410 g/mol. The maximum atomic E-state index is 12.8. The maximum absolute atomic E-state index is 12.8. The fraction of sp³-hybridized carbons (Fsp3) is 0.375. The third-order valence-corrected chi connectivity index (χ3v) is 4.79. The number of hydrogen-bond donors (Lipinski definition) is 2. The van der Waals surface area contributed by atoms with E-state index in [9.17, 15) is 18.0 Å². The monoisotopic (exact) mass is 427 g/mol. The van der Waals surface area contributed by atoms with Crippen LogP contribution in [0.1, 0.15) is 28.9 Å². The Kier molecular flexibility index (Phi) is 7.88. The molecule has 1 fully saturated rings. The SMILES string of the molecule is Cl.Cl.NC(CNC(=O)c1csc(-c2cccc(C(F)(F)F)c2)n1)C1CC1. The first-order valence-corrected chi connectivity index (χ1v) is 8.39. The van der Waals surface area contributed by atoms with Crippen molar-refractivity contribution in [2.45, 2.75) is 25.1 Å². The molecule has 0 spiro atoms. The van der Waals surface area contributed by atoms with E-state index in [0.717, 1.165) is 36.3 Å². The third kappa shape index (κ3) is 5.57. The highest BCUT2D eigenvalue weighted by molar-refractivity contribution is 7.13. The fourth-order valence-electron chi connectivity index (χ4n) is 2.33. The minimum absolute atomic E-state index is 0. The number of nitrogens with one attached hydrogen (secondary N) is 1. The molecule has 1 aliphatic carbocycles. The van der Waals surface area contributed by atoms with Crippen molar-refractivity contribution in [3.05, 3.63) is 40.9 Å². The second kappa shape index (κ2) is 9.03. The van der Waals surface area contributed by atoms with E-state index in [2.05, 4.69) is 10.3 Å². The first-order chi connectivity index (χ1) is 11.3. The Balaban J connectivity index is 0.00000169. The van der Waals surface area contributed by atoms with E-state index in [-0.39, 0.29) is 42.5 Å². The van der Waals surface area contributed by atoms with Gasteiger partial charge in [-0.1, -0.05) is 12.1 Å². The number of alkyl halides is 3. The smallest absolute Gasteiger partial charge is 0.349 e. The summed E-state index contributed by atoms with van der Waals surface area (Å²) in [6.07, 6.45) is -2.23. The number of amides is 1.